The number of aromatic nitrogens is 1. The van der Waals surface area contributed by atoms with Crippen molar-refractivity contribution in [3.05, 3.63) is 23.0 Å². The van der Waals surface area contributed by atoms with E-state index in [1.807, 2.05) is 0 Å². The summed E-state index contributed by atoms with van der Waals surface area (Å²) in [5.74, 6) is -2.37. The number of halogens is 1. The maximum atomic E-state index is 12.1. The summed E-state index contributed by atoms with van der Waals surface area (Å²) < 4.78 is 0. The molecule has 6 heteroatoms. The van der Waals surface area contributed by atoms with Crippen molar-refractivity contribution in [2.24, 2.45) is 17.3 Å². The molecule has 102 valence electrons. The van der Waals surface area contributed by atoms with Crippen molar-refractivity contribution in [1.29, 1.82) is 0 Å². The van der Waals surface area contributed by atoms with Crippen LogP contribution in [-0.4, -0.2) is 22.0 Å². The third-order valence-corrected chi connectivity index (χ3v) is 3.90. The Kier molecular flexibility index (Phi) is 3.26. The van der Waals surface area contributed by atoms with Gasteiger partial charge in [0.05, 0.1) is 23.2 Å². The van der Waals surface area contributed by atoms with Gasteiger partial charge in [-0.05, 0) is 24.5 Å². The first-order chi connectivity index (χ1) is 8.75. The number of anilines is 1. The number of carbonyl (C=O) groups is 2. The van der Waals surface area contributed by atoms with Gasteiger partial charge in [-0.25, -0.2) is 4.98 Å². The van der Waals surface area contributed by atoms with Gasteiger partial charge in [-0.2, -0.15) is 0 Å². The zero-order chi connectivity index (χ0) is 14.4. The van der Waals surface area contributed by atoms with E-state index in [4.69, 9.17) is 16.7 Å². The van der Waals surface area contributed by atoms with Crippen molar-refractivity contribution in [2.75, 3.05) is 5.32 Å². The van der Waals surface area contributed by atoms with E-state index in [2.05, 4.69) is 10.3 Å². The lowest BCUT2D eigenvalue weighted by Crippen LogP contribution is -2.18. The monoisotopic (exact) mass is 282 g/mol. The molecule has 1 fully saturated rings. The maximum Gasteiger partial charge on any atom is 0.307 e. The first-order valence-corrected chi connectivity index (χ1v) is 6.29. The number of hydrogen-bond donors (Lipinski definition) is 2. The highest BCUT2D eigenvalue weighted by molar-refractivity contribution is 6.29. The predicted octanol–water partition coefficient (Wildman–Crippen LogP) is 2.34. The molecular weight excluding hydrogens is 268 g/mol. The molecule has 2 atom stereocenters. The summed E-state index contributed by atoms with van der Waals surface area (Å²) in [7, 11) is 0. The predicted molar refractivity (Wildman–Crippen MR) is 71.0 cm³/mol. The van der Waals surface area contributed by atoms with Gasteiger partial charge < -0.3 is 10.4 Å². The number of hydrogen-bond acceptors (Lipinski definition) is 3. The first kappa shape index (κ1) is 13.8. The minimum Gasteiger partial charge on any atom is -0.481 e. The van der Waals surface area contributed by atoms with Crippen LogP contribution in [0.5, 0.6) is 0 Å². The minimum atomic E-state index is -0.934. The summed E-state index contributed by atoms with van der Waals surface area (Å²) in [4.78, 5) is 27.2. The number of pyridine rings is 1. The molecule has 1 saturated carbocycles. The number of rotatable bonds is 3. The number of nitrogens with zero attached hydrogens (tertiary/aromatic N) is 1. The lowest BCUT2D eigenvalue weighted by atomic mass is 10.1. The Morgan fingerprint density at radius 1 is 1.37 bits per heavy atom. The second-order valence-corrected chi connectivity index (χ2v) is 5.76. The van der Waals surface area contributed by atoms with Crippen LogP contribution < -0.4 is 5.32 Å². The Morgan fingerprint density at radius 3 is 2.47 bits per heavy atom. The smallest absolute Gasteiger partial charge is 0.307 e. The molecule has 1 amide bonds. The molecule has 0 unspecified atom stereocenters. The Morgan fingerprint density at radius 2 is 2.00 bits per heavy atom. The van der Waals surface area contributed by atoms with E-state index in [9.17, 15) is 9.59 Å². The van der Waals surface area contributed by atoms with Gasteiger partial charge in [0.15, 0.2) is 0 Å². The quantitative estimate of drug-likeness (QED) is 0.834. The highest BCUT2D eigenvalue weighted by atomic mass is 35.5. The zero-order valence-corrected chi connectivity index (χ0v) is 11.7. The fraction of sp³-hybridized carbons (Fsp3) is 0.462. The normalized spacial score (nSPS) is 23.8. The molecular formula is C13H15ClN2O3. The van der Waals surface area contributed by atoms with Crippen LogP contribution >= 0.6 is 11.6 Å². The number of aliphatic carboxylic acids is 1. The summed E-state index contributed by atoms with van der Waals surface area (Å²) in [5.41, 5.74) is 0.649. The van der Waals surface area contributed by atoms with Crippen molar-refractivity contribution < 1.29 is 14.7 Å². The lowest BCUT2D eigenvalue weighted by Gasteiger charge is -2.08. The number of carbonyl (C=O) groups excluding carboxylic acids is 1. The summed E-state index contributed by atoms with van der Waals surface area (Å²) in [6.07, 6.45) is 0. The molecule has 1 aromatic rings. The second-order valence-electron chi connectivity index (χ2n) is 5.37. The summed E-state index contributed by atoms with van der Waals surface area (Å²) in [6, 6.07) is 3.24. The molecule has 0 aliphatic heterocycles. The molecule has 1 aromatic heterocycles. The lowest BCUT2D eigenvalue weighted by molar-refractivity contribution is -0.140. The van der Waals surface area contributed by atoms with Gasteiger partial charge in [-0.3, -0.25) is 9.59 Å². The standard InChI is InChI=1S/C13H15ClN2O3/c1-6-7(4-5-8(14)15-6)16-11(17)9-10(12(18)19)13(9,2)3/h4-5,9-10H,1-3H3,(H,16,17)(H,18,19)/t9-,10+/m1/s1. The number of aryl methyl sites for hydroxylation is 1. The topological polar surface area (TPSA) is 79.3 Å². The van der Waals surface area contributed by atoms with E-state index < -0.39 is 23.2 Å². The molecule has 0 saturated heterocycles. The van der Waals surface area contributed by atoms with Gasteiger partial charge >= 0.3 is 5.97 Å². The van der Waals surface area contributed by atoms with E-state index in [1.54, 1.807) is 32.9 Å². The first-order valence-electron chi connectivity index (χ1n) is 5.92. The summed E-state index contributed by atoms with van der Waals surface area (Å²) >= 11 is 5.74. The molecule has 19 heavy (non-hydrogen) atoms. The number of nitrogens with one attached hydrogen (secondary N) is 1. The van der Waals surface area contributed by atoms with Crippen LogP contribution in [0.4, 0.5) is 5.69 Å². The third-order valence-electron chi connectivity index (χ3n) is 3.69. The van der Waals surface area contributed by atoms with Crippen LogP contribution in [0.1, 0.15) is 19.5 Å². The number of carboxylic acid groups (broad SMARTS) is 1. The Balaban J connectivity index is 2.13. The average Bonchev–Trinajstić information content (AvgIpc) is 2.86. The molecule has 0 bridgehead atoms. The van der Waals surface area contributed by atoms with Gasteiger partial charge in [0.2, 0.25) is 5.91 Å². The van der Waals surface area contributed by atoms with Crippen molar-refractivity contribution >= 4 is 29.2 Å². The fourth-order valence-electron chi connectivity index (χ4n) is 2.46. The van der Waals surface area contributed by atoms with E-state index in [0.29, 0.717) is 16.5 Å². The van der Waals surface area contributed by atoms with Crippen molar-refractivity contribution in [3.8, 4) is 0 Å². The molecule has 2 rings (SSSR count). The van der Waals surface area contributed by atoms with Crippen LogP contribution in [0.2, 0.25) is 5.15 Å². The minimum absolute atomic E-state index is 0.287. The van der Waals surface area contributed by atoms with Crippen LogP contribution in [0, 0.1) is 24.2 Å². The molecule has 0 spiro atoms. The zero-order valence-electron chi connectivity index (χ0n) is 10.9. The molecule has 2 N–H and O–H groups in total. The maximum absolute atomic E-state index is 12.1. The third kappa shape index (κ3) is 2.42. The van der Waals surface area contributed by atoms with Crippen molar-refractivity contribution in [2.45, 2.75) is 20.8 Å². The average molecular weight is 283 g/mol. The number of amides is 1. The second kappa shape index (κ2) is 4.49. The van der Waals surface area contributed by atoms with Gasteiger partial charge in [-0.15, -0.1) is 0 Å². The Bertz CT molecular complexity index is 557. The highest BCUT2D eigenvalue weighted by Gasteiger charge is 2.65. The van der Waals surface area contributed by atoms with E-state index >= 15 is 0 Å². The van der Waals surface area contributed by atoms with Crippen LogP contribution in [0.15, 0.2) is 12.1 Å². The summed E-state index contributed by atoms with van der Waals surface area (Å²) in [5, 5.41) is 12.1. The molecule has 0 aromatic carbocycles. The Hall–Kier alpha value is -1.62. The van der Waals surface area contributed by atoms with Gasteiger partial charge in [0.25, 0.3) is 0 Å². The highest BCUT2D eigenvalue weighted by Crippen LogP contribution is 2.58. The fourth-order valence-corrected chi connectivity index (χ4v) is 2.65. The number of carboxylic acids is 1. The van der Waals surface area contributed by atoms with Crippen LogP contribution in [-0.2, 0) is 9.59 Å². The van der Waals surface area contributed by atoms with Gasteiger partial charge in [-0.1, -0.05) is 25.4 Å². The van der Waals surface area contributed by atoms with E-state index in [1.165, 1.54) is 0 Å². The van der Waals surface area contributed by atoms with E-state index in [-0.39, 0.29) is 5.91 Å². The molecule has 1 aliphatic carbocycles. The van der Waals surface area contributed by atoms with Crippen molar-refractivity contribution in [3.63, 3.8) is 0 Å². The molecule has 0 radical (unpaired) electrons. The SMILES string of the molecule is Cc1nc(Cl)ccc1NC(=O)[C@H]1[C@@H](C(=O)O)C1(C)C. The van der Waals surface area contributed by atoms with Gasteiger partial charge in [0, 0.05) is 0 Å². The molecule has 1 heterocycles. The largest absolute Gasteiger partial charge is 0.481 e. The molecule has 5 nitrogen and oxygen atoms in total. The van der Waals surface area contributed by atoms with Crippen LogP contribution in [0.25, 0.3) is 0 Å². The van der Waals surface area contributed by atoms with E-state index in [0.717, 1.165) is 0 Å². The van der Waals surface area contributed by atoms with Crippen molar-refractivity contribution in [1.82, 2.24) is 4.98 Å². The Labute approximate surface area is 116 Å². The summed E-state index contributed by atoms with van der Waals surface area (Å²) in [6.45, 7) is 5.29. The molecule has 1 aliphatic rings. The van der Waals surface area contributed by atoms with Crippen LogP contribution in [0.3, 0.4) is 0 Å². The van der Waals surface area contributed by atoms with Gasteiger partial charge in [0.1, 0.15) is 5.15 Å².